The number of benzene rings is 5. The van der Waals surface area contributed by atoms with Crippen molar-refractivity contribution >= 4 is 10.8 Å². The Labute approximate surface area is 263 Å². The first-order chi connectivity index (χ1) is 22.0. The standard InChI is InChI=1S/C40H35N3O2/c1-29(2)24-39(44,36-21-20-30-22-32(19-18-31(30)23-36)37-25-41-28-45-37)38-26-43(27-42-38)40(33-12-6-3-7-13-33,34-14-8-4-9-15-34)35-16-10-5-11-17-35/h3-23,25-29,44H,24H2,1-2H3. The number of nitrogens with zero attached hydrogens (tertiary/aromatic N) is 3. The summed E-state index contributed by atoms with van der Waals surface area (Å²) in [5.74, 6) is 0.938. The zero-order valence-electron chi connectivity index (χ0n) is 25.4. The molecule has 0 aliphatic carbocycles. The summed E-state index contributed by atoms with van der Waals surface area (Å²) in [5, 5.41) is 14.8. The second-order valence-electron chi connectivity index (χ2n) is 12.1. The van der Waals surface area contributed by atoms with Crippen molar-refractivity contribution in [1.82, 2.24) is 14.5 Å². The molecular formula is C40H35N3O2. The van der Waals surface area contributed by atoms with Gasteiger partial charge in [0.15, 0.2) is 12.2 Å². The van der Waals surface area contributed by atoms with Crippen molar-refractivity contribution in [2.24, 2.45) is 5.92 Å². The number of imidazole rings is 1. The molecule has 7 rings (SSSR count). The summed E-state index contributed by atoms with van der Waals surface area (Å²) in [6, 6.07) is 43.9. The summed E-state index contributed by atoms with van der Waals surface area (Å²) >= 11 is 0. The molecule has 0 fully saturated rings. The van der Waals surface area contributed by atoms with Gasteiger partial charge in [-0.05, 0) is 57.5 Å². The average Bonchev–Trinajstić information content (AvgIpc) is 3.80. The second kappa shape index (κ2) is 11.7. The van der Waals surface area contributed by atoms with Crippen LogP contribution in [0.3, 0.4) is 0 Å². The Bertz CT molecular complexity index is 1920. The van der Waals surface area contributed by atoms with E-state index in [1.54, 1.807) is 6.20 Å². The zero-order valence-corrected chi connectivity index (χ0v) is 25.4. The minimum atomic E-state index is -1.31. The van der Waals surface area contributed by atoms with E-state index in [0.717, 1.165) is 44.3 Å². The fourth-order valence-electron chi connectivity index (χ4n) is 6.68. The van der Waals surface area contributed by atoms with Crippen molar-refractivity contribution in [3.8, 4) is 11.3 Å². The van der Waals surface area contributed by atoms with Crippen LogP contribution in [0.25, 0.3) is 22.1 Å². The third-order valence-electron chi connectivity index (χ3n) is 8.71. The van der Waals surface area contributed by atoms with E-state index < -0.39 is 11.1 Å². The first kappa shape index (κ1) is 28.5. The fraction of sp³-hybridized carbons (Fsp3) is 0.150. The number of rotatable bonds is 9. The molecule has 0 aliphatic heterocycles. The Morgan fingerprint density at radius 1 is 0.711 bits per heavy atom. The molecule has 5 aromatic carbocycles. The van der Waals surface area contributed by atoms with Crippen molar-refractivity contribution in [3.63, 3.8) is 0 Å². The normalized spacial score (nSPS) is 13.2. The highest BCUT2D eigenvalue weighted by molar-refractivity contribution is 5.87. The fourth-order valence-corrected chi connectivity index (χ4v) is 6.68. The van der Waals surface area contributed by atoms with Gasteiger partial charge in [-0.1, -0.05) is 129 Å². The molecule has 7 aromatic rings. The predicted molar refractivity (Wildman–Crippen MR) is 179 cm³/mol. The van der Waals surface area contributed by atoms with Crippen LogP contribution in [0, 0.1) is 5.92 Å². The molecule has 0 saturated heterocycles. The molecule has 0 aliphatic rings. The second-order valence-corrected chi connectivity index (χ2v) is 12.1. The van der Waals surface area contributed by atoms with Crippen LogP contribution in [0.15, 0.2) is 157 Å². The van der Waals surface area contributed by atoms with Gasteiger partial charge in [-0.25, -0.2) is 9.97 Å². The highest BCUT2D eigenvalue weighted by atomic mass is 16.3. The number of hydrogen-bond acceptors (Lipinski definition) is 4. The predicted octanol–water partition coefficient (Wildman–Crippen LogP) is 8.81. The maximum absolute atomic E-state index is 12.7. The molecular weight excluding hydrogens is 554 g/mol. The smallest absolute Gasteiger partial charge is 0.181 e. The summed E-state index contributed by atoms with van der Waals surface area (Å²) in [6.45, 7) is 4.27. The molecule has 2 heterocycles. The van der Waals surface area contributed by atoms with Crippen LogP contribution in [0.2, 0.25) is 0 Å². The van der Waals surface area contributed by atoms with Gasteiger partial charge >= 0.3 is 0 Å². The van der Waals surface area contributed by atoms with Crippen LogP contribution in [0.1, 0.15) is 48.2 Å². The van der Waals surface area contributed by atoms with Crippen LogP contribution in [-0.4, -0.2) is 19.6 Å². The van der Waals surface area contributed by atoms with Crippen molar-refractivity contribution in [1.29, 1.82) is 0 Å². The highest BCUT2D eigenvalue weighted by Gasteiger charge is 2.41. The Hall–Kier alpha value is -5.26. The lowest BCUT2D eigenvalue weighted by molar-refractivity contribution is 0.0535. The van der Waals surface area contributed by atoms with Crippen LogP contribution < -0.4 is 0 Å². The Morgan fingerprint density at radius 3 is 1.84 bits per heavy atom. The SMILES string of the molecule is CC(C)CC(O)(c1ccc2cc(-c3cnco3)ccc2c1)c1cn(C(c2ccccc2)(c2ccccc2)c2ccccc2)cn1. The Balaban J connectivity index is 1.40. The van der Waals surface area contributed by atoms with Crippen molar-refractivity contribution < 1.29 is 9.52 Å². The number of aliphatic hydroxyl groups is 1. The van der Waals surface area contributed by atoms with E-state index >= 15 is 0 Å². The molecule has 1 atom stereocenters. The number of fused-ring (bicyclic) bond motifs is 1. The summed E-state index contributed by atoms with van der Waals surface area (Å²) < 4.78 is 7.68. The van der Waals surface area contributed by atoms with Gasteiger partial charge in [0.05, 0.1) is 18.2 Å². The highest BCUT2D eigenvalue weighted by Crippen LogP contribution is 2.43. The first-order valence-corrected chi connectivity index (χ1v) is 15.4. The molecule has 5 heteroatoms. The number of aromatic nitrogens is 3. The molecule has 1 unspecified atom stereocenters. The van der Waals surface area contributed by atoms with Crippen LogP contribution in [0.5, 0.6) is 0 Å². The van der Waals surface area contributed by atoms with E-state index in [4.69, 9.17) is 9.40 Å². The van der Waals surface area contributed by atoms with Crippen molar-refractivity contribution in [3.05, 3.63) is 180 Å². The molecule has 45 heavy (non-hydrogen) atoms. The summed E-state index contributed by atoms with van der Waals surface area (Å²) in [7, 11) is 0. The van der Waals surface area contributed by atoms with Crippen molar-refractivity contribution in [2.75, 3.05) is 0 Å². The van der Waals surface area contributed by atoms with Crippen LogP contribution in [0.4, 0.5) is 0 Å². The average molecular weight is 590 g/mol. The van der Waals surface area contributed by atoms with E-state index in [1.165, 1.54) is 6.39 Å². The molecule has 0 amide bonds. The third-order valence-corrected chi connectivity index (χ3v) is 8.71. The molecule has 2 aromatic heterocycles. The number of hydrogen-bond donors (Lipinski definition) is 1. The van der Waals surface area contributed by atoms with Gasteiger partial charge in [0.25, 0.3) is 0 Å². The molecule has 0 radical (unpaired) electrons. The lowest BCUT2D eigenvalue weighted by atomic mass is 9.76. The van der Waals surface area contributed by atoms with Crippen molar-refractivity contribution in [2.45, 2.75) is 31.4 Å². The van der Waals surface area contributed by atoms with Crippen LogP contribution in [-0.2, 0) is 11.1 Å². The van der Waals surface area contributed by atoms with E-state index in [1.807, 2.05) is 42.9 Å². The molecule has 0 saturated carbocycles. The van der Waals surface area contributed by atoms with Gasteiger partial charge in [-0.3, -0.25) is 0 Å². The van der Waals surface area contributed by atoms with Gasteiger partial charge in [0.2, 0.25) is 0 Å². The molecule has 5 nitrogen and oxygen atoms in total. The van der Waals surface area contributed by atoms with Gasteiger partial charge in [-0.2, -0.15) is 0 Å². The summed E-state index contributed by atoms with van der Waals surface area (Å²) in [4.78, 5) is 9.04. The third kappa shape index (κ3) is 5.05. The minimum Gasteiger partial charge on any atom is -0.444 e. The Kier molecular flexibility index (Phi) is 7.40. The minimum absolute atomic E-state index is 0.215. The van der Waals surface area contributed by atoms with Gasteiger partial charge in [-0.15, -0.1) is 0 Å². The lowest BCUT2D eigenvalue weighted by Gasteiger charge is -2.37. The van der Waals surface area contributed by atoms with E-state index in [9.17, 15) is 5.11 Å². The quantitative estimate of drug-likeness (QED) is 0.171. The first-order valence-electron chi connectivity index (χ1n) is 15.4. The molecule has 1 N–H and O–H groups in total. The molecule has 0 bridgehead atoms. The van der Waals surface area contributed by atoms with Gasteiger partial charge < -0.3 is 14.1 Å². The van der Waals surface area contributed by atoms with E-state index in [2.05, 4.69) is 120 Å². The summed E-state index contributed by atoms with van der Waals surface area (Å²) in [5.41, 5.74) is 3.67. The largest absolute Gasteiger partial charge is 0.444 e. The monoisotopic (exact) mass is 589 g/mol. The zero-order chi connectivity index (χ0) is 30.9. The topological polar surface area (TPSA) is 64.1 Å². The number of oxazole rings is 1. The Morgan fingerprint density at radius 2 is 1.29 bits per heavy atom. The van der Waals surface area contributed by atoms with Gasteiger partial charge in [0.1, 0.15) is 11.1 Å². The maximum Gasteiger partial charge on any atom is 0.181 e. The van der Waals surface area contributed by atoms with Gasteiger partial charge in [0, 0.05) is 11.8 Å². The van der Waals surface area contributed by atoms with Crippen LogP contribution >= 0.6 is 0 Å². The maximum atomic E-state index is 12.7. The summed E-state index contributed by atoms with van der Waals surface area (Å²) in [6.07, 6.45) is 7.58. The molecule has 0 spiro atoms. The lowest BCUT2D eigenvalue weighted by Crippen LogP contribution is -2.37. The van der Waals surface area contributed by atoms with E-state index in [0.29, 0.717) is 12.1 Å². The van der Waals surface area contributed by atoms with E-state index in [-0.39, 0.29) is 5.92 Å². The molecule has 222 valence electrons.